The number of carbonyl (C=O) groups is 1. The molecule has 1 aliphatic rings. The van der Waals surface area contributed by atoms with Gasteiger partial charge in [0.2, 0.25) is 0 Å². The van der Waals surface area contributed by atoms with Gasteiger partial charge < -0.3 is 24.0 Å². The van der Waals surface area contributed by atoms with Gasteiger partial charge in [0.05, 0.1) is 16.2 Å². The normalized spacial score (nSPS) is 21.4. The van der Waals surface area contributed by atoms with E-state index in [-0.39, 0.29) is 11.8 Å². The Hall–Kier alpha value is -1.95. The molecule has 24 heavy (non-hydrogen) atoms. The van der Waals surface area contributed by atoms with E-state index in [2.05, 4.69) is 4.74 Å². The molecule has 1 amide bonds. The lowest BCUT2D eigenvalue weighted by Crippen LogP contribution is -2.50. The van der Waals surface area contributed by atoms with Crippen molar-refractivity contribution in [1.29, 1.82) is 0 Å². The second kappa shape index (κ2) is 8.24. The zero-order valence-electron chi connectivity index (χ0n) is 21.2. The first-order valence-electron chi connectivity index (χ1n) is 11.2. The minimum atomic E-state index is -3.20. The zero-order chi connectivity index (χ0) is 23.7. The van der Waals surface area contributed by atoms with Gasteiger partial charge in [0.25, 0.3) is 0 Å². The Balaban J connectivity index is 1.96. The minimum absolute atomic E-state index is 0.0131. The smallest absolute Gasteiger partial charge is 0.410 e. The number of anilines is 1. The molecule has 0 bridgehead atoms. The average Bonchev–Trinajstić information content (AvgIpc) is 2.58. The molecule has 1 aromatic carbocycles. The van der Waals surface area contributed by atoms with E-state index in [0.717, 1.165) is 5.69 Å². The topological polar surface area (TPSA) is 51.2 Å². The summed E-state index contributed by atoms with van der Waals surface area (Å²) in [5.74, 6) is 0.0131. The Bertz CT molecular complexity index is 756. The largest absolute Gasteiger partial charge is 0.491 e. The molecule has 6 heteroatoms. The van der Waals surface area contributed by atoms with Crippen molar-refractivity contribution < 1.29 is 28.6 Å². The van der Waals surface area contributed by atoms with Crippen molar-refractivity contribution in [2.24, 2.45) is 0 Å². The fourth-order valence-electron chi connectivity index (χ4n) is 2.30. The highest BCUT2D eigenvalue weighted by molar-refractivity contribution is 5.68. The van der Waals surface area contributed by atoms with Crippen LogP contribution in [0, 0.1) is 0 Å². The molecular weight excluding hydrogens is 308 g/mol. The Morgan fingerprint density at radius 2 is 1.83 bits per heavy atom. The summed E-state index contributed by atoms with van der Waals surface area (Å²) in [7, 11) is -3.12. The summed E-state index contributed by atoms with van der Waals surface area (Å²) in [6.45, 7) is 1.34. The van der Waals surface area contributed by atoms with Crippen LogP contribution in [0.1, 0.15) is 30.4 Å². The number of piperazine rings is 1. The van der Waals surface area contributed by atoms with Crippen LogP contribution in [0.4, 0.5) is 10.5 Å². The maximum absolute atomic E-state index is 12.2. The number of methoxy groups -OCH3 is 1. The van der Waals surface area contributed by atoms with Crippen molar-refractivity contribution in [3.63, 3.8) is 0 Å². The molecule has 0 radical (unpaired) electrons. The van der Waals surface area contributed by atoms with E-state index < -0.39 is 25.8 Å². The maximum atomic E-state index is 12.2. The van der Waals surface area contributed by atoms with E-state index in [1.807, 2.05) is 25.7 Å². The summed E-state index contributed by atoms with van der Waals surface area (Å²) in [6, 6.07) is 6.26. The molecule has 0 aliphatic carbocycles. The third-order valence-electron chi connectivity index (χ3n) is 3.39. The lowest BCUT2D eigenvalue weighted by atomic mass is 10.2. The van der Waals surface area contributed by atoms with Gasteiger partial charge in [0.1, 0.15) is 17.9 Å². The van der Waals surface area contributed by atoms with Crippen LogP contribution in [0.3, 0.4) is 0 Å². The first-order valence-corrected chi connectivity index (χ1v) is 7.71. The van der Waals surface area contributed by atoms with Gasteiger partial charge in [-0.25, -0.2) is 4.79 Å². The van der Waals surface area contributed by atoms with E-state index in [4.69, 9.17) is 19.1 Å². The third kappa shape index (κ3) is 5.60. The van der Waals surface area contributed by atoms with E-state index in [1.54, 1.807) is 17.0 Å². The lowest BCUT2D eigenvalue weighted by Gasteiger charge is -2.36. The van der Waals surface area contributed by atoms with Crippen molar-refractivity contribution in [3.8, 4) is 5.75 Å². The quantitative estimate of drug-likeness (QED) is 0.823. The number of hydrogen-bond donors (Lipinski definition) is 0. The fraction of sp³-hybridized carbons (Fsp3) is 0.611. The number of carbonyl (C=O) groups excluding carboxylic acids is 1. The molecule has 0 spiro atoms. The highest BCUT2D eigenvalue weighted by Crippen LogP contribution is 2.21. The number of nitrogens with zero attached hydrogens (tertiary/aromatic N) is 2. The van der Waals surface area contributed by atoms with E-state index in [0.29, 0.717) is 26.2 Å². The molecule has 0 saturated carbocycles. The molecule has 1 saturated heterocycles. The van der Waals surface area contributed by atoms with Crippen LogP contribution in [-0.4, -0.2) is 62.9 Å². The van der Waals surface area contributed by atoms with Crippen LogP contribution in [0.25, 0.3) is 0 Å². The van der Waals surface area contributed by atoms with Crippen LogP contribution in [0.15, 0.2) is 24.3 Å². The summed E-state index contributed by atoms with van der Waals surface area (Å²) in [5, 5.41) is 0. The first kappa shape index (κ1) is 10.8. The fourth-order valence-corrected chi connectivity index (χ4v) is 2.30. The van der Waals surface area contributed by atoms with Gasteiger partial charge in [-0.3, -0.25) is 0 Å². The lowest BCUT2D eigenvalue weighted by molar-refractivity contribution is 0.0240. The van der Waals surface area contributed by atoms with Gasteiger partial charge in [0, 0.05) is 38.9 Å². The van der Waals surface area contributed by atoms with Gasteiger partial charge in [0.15, 0.2) is 0 Å². The van der Waals surface area contributed by atoms with Crippen molar-refractivity contribution >= 4 is 11.8 Å². The van der Waals surface area contributed by atoms with E-state index in [1.165, 1.54) is 12.1 Å². The summed E-state index contributed by atoms with van der Waals surface area (Å²) in [5.41, 5.74) is 0.262. The predicted molar refractivity (Wildman–Crippen MR) is 93.8 cm³/mol. The summed E-state index contributed by atoms with van der Waals surface area (Å²) in [4.78, 5) is 15.8. The van der Waals surface area contributed by atoms with Crippen molar-refractivity contribution in [1.82, 2.24) is 4.90 Å². The first-order chi connectivity index (χ1) is 14.0. The summed E-state index contributed by atoms with van der Waals surface area (Å²) in [6.07, 6.45) is -0.355. The average molecular weight is 343 g/mol. The Kier molecular flexibility index (Phi) is 3.71. The number of ether oxygens (including phenoxy) is 3. The summed E-state index contributed by atoms with van der Waals surface area (Å²) < 4.78 is 66.3. The van der Waals surface area contributed by atoms with Crippen LogP contribution in [-0.2, 0) is 9.47 Å². The van der Waals surface area contributed by atoms with Gasteiger partial charge in [-0.05, 0) is 45.0 Å². The standard InChI is InChI=1S/C18H28N2O4/c1-18(2,3)24-17(21)20-11-9-19(10-12-20)15-5-7-16(8-6-15)23-14-13-22-4/h5-8H,9-14H2,1-4H3/i4D3,13D2,14D2. The van der Waals surface area contributed by atoms with Crippen molar-refractivity contribution in [3.05, 3.63) is 24.3 Å². The number of hydrogen-bond acceptors (Lipinski definition) is 5. The number of rotatable bonds is 5. The molecule has 1 aromatic rings. The van der Waals surface area contributed by atoms with Crippen LogP contribution >= 0.6 is 0 Å². The summed E-state index contributed by atoms with van der Waals surface area (Å²) >= 11 is 0. The predicted octanol–water partition coefficient (Wildman–Crippen LogP) is 2.77. The third-order valence-corrected chi connectivity index (χ3v) is 3.39. The highest BCUT2D eigenvalue weighted by atomic mass is 16.6. The van der Waals surface area contributed by atoms with Gasteiger partial charge in [-0.15, -0.1) is 0 Å². The molecule has 0 N–H and O–H groups in total. The molecule has 0 unspecified atom stereocenters. The van der Waals surface area contributed by atoms with Crippen LogP contribution < -0.4 is 9.64 Å². The van der Waals surface area contributed by atoms with E-state index in [9.17, 15) is 4.79 Å². The molecule has 6 nitrogen and oxygen atoms in total. The van der Waals surface area contributed by atoms with Crippen molar-refractivity contribution in [2.45, 2.75) is 26.4 Å². The molecule has 1 heterocycles. The second-order valence-corrected chi connectivity index (χ2v) is 6.36. The molecule has 0 atom stereocenters. The number of amides is 1. The van der Waals surface area contributed by atoms with Crippen LogP contribution in [0.2, 0.25) is 0 Å². The highest BCUT2D eigenvalue weighted by Gasteiger charge is 2.25. The van der Waals surface area contributed by atoms with Gasteiger partial charge in [-0.2, -0.15) is 0 Å². The SMILES string of the molecule is [2H]C([2H])([2H])OC([2H])([2H])C([2H])([2H])Oc1ccc(N2CCN(C(=O)OC(C)(C)C)CC2)cc1. The Labute approximate surface area is 154 Å². The van der Waals surface area contributed by atoms with E-state index >= 15 is 0 Å². The molecule has 1 aliphatic heterocycles. The Morgan fingerprint density at radius 1 is 1.17 bits per heavy atom. The van der Waals surface area contributed by atoms with Gasteiger partial charge >= 0.3 is 6.09 Å². The van der Waals surface area contributed by atoms with Gasteiger partial charge in [-0.1, -0.05) is 0 Å². The second-order valence-electron chi connectivity index (χ2n) is 6.36. The zero-order valence-corrected chi connectivity index (χ0v) is 14.2. The van der Waals surface area contributed by atoms with Crippen LogP contribution in [0.5, 0.6) is 5.75 Å². The molecule has 1 fully saturated rings. The minimum Gasteiger partial charge on any atom is -0.491 e. The number of benzene rings is 1. The molecule has 134 valence electrons. The maximum Gasteiger partial charge on any atom is 0.410 e. The van der Waals surface area contributed by atoms with Crippen molar-refractivity contribution in [2.75, 3.05) is 51.2 Å². The monoisotopic (exact) mass is 343 g/mol. The molecule has 2 rings (SSSR count). The molecule has 0 aromatic heterocycles. The molecular formula is C18H28N2O4. The Morgan fingerprint density at radius 3 is 2.42 bits per heavy atom.